The van der Waals surface area contributed by atoms with E-state index >= 15 is 0 Å². The van der Waals surface area contributed by atoms with Gasteiger partial charge in [0.15, 0.2) is 0 Å². The fourth-order valence-electron chi connectivity index (χ4n) is 0.865. The number of dihydropyridines is 1. The zero-order valence-corrected chi connectivity index (χ0v) is 7.54. The lowest BCUT2D eigenvalue weighted by molar-refractivity contribution is 1.38. The third-order valence-electron chi connectivity index (χ3n) is 1.34. The Hall–Kier alpha value is -1.15. The van der Waals surface area contributed by atoms with Gasteiger partial charge in [0.1, 0.15) is 5.70 Å². The van der Waals surface area contributed by atoms with E-state index in [1.807, 2.05) is 12.2 Å². The topological polar surface area (TPSA) is 24.7 Å². The zero-order valence-electron chi connectivity index (χ0n) is 6.79. The minimum atomic E-state index is 0.635. The molecule has 2 nitrogen and oxygen atoms in total. The van der Waals surface area contributed by atoms with Crippen LogP contribution in [0.1, 0.15) is 6.92 Å². The highest BCUT2D eigenvalue weighted by molar-refractivity contribution is 6.33. The summed E-state index contributed by atoms with van der Waals surface area (Å²) in [5.74, 6) is 0. The van der Waals surface area contributed by atoms with Gasteiger partial charge in [0.05, 0.1) is 5.71 Å². The number of hydrogen-bond donors (Lipinski definition) is 0. The summed E-state index contributed by atoms with van der Waals surface area (Å²) in [7, 11) is 0. The molecule has 0 amide bonds. The summed E-state index contributed by atoms with van der Waals surface area (Å²) in [6.07, 6.45) is 6.81. The Morgan fingerprint density at radius 3 is 3.08 bits per heavy atom. The van der Waals surface area contributed by atoms with Gasteiger partial charge in [-0.2, -0.15) is 0 Å². The van der Waals surface area contributed by atoms with E-state index in [0.29, 0.717) is 10.7 Å². The van der Waals surface area contributed by atoms with Crippen molar-refractivity contribution in [3.05, 3.63) is 35.7 Å². The first-order chi connectivity index (χ1) is 5.75. The molecule has 62 valence electrons. The van der Waals surface area contributed by atoms with Gasteiger partial charge in [-0.05, 0) is 19.1 Å². The third kappa shape index (κ3) is 1.92. The van der Waals surface area contributed by atoms with Crippen molar-refractivity contribution in [2.75, 3.05) is 0 Å². The molecule has 0 N–H and O–H groups in total. The average molecular weight is 181 g/mol. The molecule has 3 heteroatoms. The van der Waals surface area contributed by atoms with Crippen LogP contribution < -0.4 is 0 Å². The Morgan fingerprint density at radius 2 is 2.50 bits per heavy atom. The van der Waals surface area contributed by atoms with Crippen LogP contribution in [0, 0.1) is 0 Å². The van der Waals surface area contributed by atoms with Crippen molar-refractivity contribution in [2.24, 2.45) is 9.98 Å². The lowest BCUT2D eigenvalue weighted by atomic mass is 10.2. The standard InChI is InChI=1S/C9H9ClN2/c1-3-11-8-5-4-6-12-9(8)7(2)10/h3-6H,1H2,2H3/b9-7-,11-8?. The van der Waals surface area contributed by atoms with Crippen molar-refractivity contribution in [1.82, 2.24) is 0 Å². The number of aliphatic imine (C=N–C) groups is 2. The summed E-state index contributed by atoms with van der Waals surface area (Å²) in [5, 5.41) is 0.635. The van der Waals surface area contributed by atoms with Gasteiger partial charge < -0.3 is 0 Å². The van der Waals surface area contributed by atoms with Crippen LogP contribution in [-0.2, 0) is 0 Å². The number of nitrogens with zero attached hydrogens (tertiary/aromatic N) is 2. The molecule has 0 aliphatic carbocycles. The summed E-state index contributed by atoms with van der Waals surface area (Å²) >= 11 is 5.80. The summed E-state index contributed by atoms with van der Waals surface area (Å²) in [6.45, 7) is 5.29. The first kappa shape index (κ1) is 8.94. The molecule has 1 heterocycles. The molecule has 0 saturated carbocycles. The number of hydrogen-bond acceptors (Lipinski definition) is 2. The molecule has 0 radical (unpaired) electrons. The van der Waals surface area contributed by atoms with Crippen molar-refractivity contribution in [2.45, 2.75) is 6.92 Å². The molecular weight excluding hydrogens is 172 g/mol. The van der Waals surface area contributed by atoms with Crippen molar-refractivity contribution < 1.29 is 0 Å². The fourth-order valence-corrected chi connectivity index (χ4v) is 1.01. The molecule has 0 aromatic carbocycles. The monoisotopic (exact) mass is 180 g/mol. The Bertz CT molecular complexity index is 304. The van der Waals surface area contributed by atoms with Gasteiger partial charge in [0, 0.05) is 17.4 Å². The van der Waals surface area contributed by atoms with Crippen LogP contribution in [0.4, 0.5) is 0 Å². The van der Waals surface area contributed by atoms with Crippen molar-refractivity contribution in [3.8, 4) is 0 Å². The predicted octanol–water partition coefficient (Wildman–Crippen LogP) is 2.68. The Morgan fingerprint density at radius 1 is 1.75 bits per heavy atom. The summed E-state index contributed by atoms with van der Waals surface area (Å²) in [5.41, 5.74) is 1.46. The molecule has 0 unspecified atom stereocenters. The molecule has 0 saturated heterocycles. The van der Waals surface area contributed by atoms with Crippen LogP contribution in [-0.4, -0.2) is 11.9 Å². The SMILES string of the molecule is C=CN=C1C=CC=N/C1=C(/C)Cl. The number of allylic oxidation sites excluding steroid dienone is 3. The molecule has 1 aliphatic rings. The lowest BCUT2D eigenvalue weighted by Crippen LogP contribution is -2.01. The highest BCUT2D eigenvalue weighted by atomic mass is 35.5. The molecule has 1 aliphatic heterocycles. The summed E-state index contributed by atoms with van der Waals surface area (Å²) < 4.78 is 0. The van der Waals surface area contributed by atoms with Gasteiger partial charge in [0.25, 0.3) is 0 Å². The van der Waals surface area contributed by atoms with E-state index in [2.05, 4.69) is 16.6 Å². The highest BCUT2D eigenvalue weighted by Gasteiger charge is 2.06. The second-order valence-electron chi connectivity index (χ2n) is 2.22. The average Bonchev–Trinajstić information content (AvgIpc) is 2.05. The lowest BCUT2D eigenvalue weighted by Gasteiger charge is -2.04. The molecule has 1 rings (SSSR count). The second kappa shape index (κ2) is 4.02. The van der Waals surface area contributed by atoms with Crippen LogP contribution in [0.3, 0.4) is 0 Å². The fraction of sp³-hybridized carbons (Fsp3) is 0.111. The predicted molar refractivity (Wildman–Crippen MR) is 53.8 cm³/mol. The minimum Gasteiger partial charge on any atom is -0.255 e. The van der Waals surface area contributed by atoms with Crippen molar-refractivity contribution in [1.29, 1.82) is 0 Å². The quantitative estimate of drug-likeness (QED) is 0.593. The van der Waals surface area contributed by atoms with Gasteiger partial charge in [-0.15, -0.1) is 0 Å². The van der Waals surface area contributed by atoms with Gasteiger partial charge in [-0.3, -0.25) is 9.98 Å². The molecular formula is C9H9ClN2. The van der Waals surface area contributed by atoms with Crippen LogP contribution in [0.5, 0.6) is 0 Å². The normalized spacial score (nSPS) is 23.0. The van der Waals surface area contributed by atoms with Gasteiger partial charge >= 0.3 is 0 Å². The van der Waals surface area contributed by atoms with E-state index in [9.17, 15) is 0 Å². The highest BCUT2D eigenvalue weighted by Crippen LogP contribution is 2.14. The molecule has 0 bridgehead atoms. The van der Waals surface area contributed by atoms with Crippen LogP contribution in [0.2, 0.25) is 0 Å². The van der Waals surface area contributed by atoms with Crippen molar-refractivity contribution in [3.63, 3.8) is 0 Å². The first-order valence-electron chi connectivity index (χ1n) is 3.52. The van der Waals surface area contributed by atoms with E-state index in [0.717, 1.165) is 5.71 Å². The Labute approximate surface area is 76.7 Å². The second-order valence-corrected chi connectivity index (χ2v) is 2.78. The van der Waals surface area contributed by atoms with Crippen LogP contribution >= 0.6 is 11.6 Å². The van der Waals surface area contributed by atoms with E-state index in [4.69, 9.17) is 11.6 Å². The van der Waals surface area contributed by atoms with Gasteiger partial charge in [-0.1, -0.05) is 18.2 Å². The third-order valence-corrected chi connectivity index (χ3v) is 1.52. The summed E-state index contributed by atoms with van der Waals surface area (Å²) in [4.78, 5) is 8.11. The van der Waals surface area contributed by atoms with E-state index in [-0.39, 0.29) is 0 Å². The molecule has 0 aromatic rings. The van der Waals surface area contributed by atoms with Gasteiger partial charge in [0.2, 0.25) is 0 Å². The van der Waals surface area contributed by atoms with Gasteiger partial charge in [-0.25, -0.2) is 0 Å². The Kier molecular flexibility index (Phi) is 3.00. The zero-order chi connectivity index (χ0) is 8.97. The first-order valence-corrected chi connectivity index (χ1v) is 3.89. The van der Waals surface area contributed by atoms with Crippen molar-refractivity contribution >= 4 is 23.5 Å². The minimum absolute atomic E-state index is 0.635. The van der Waals surface area contributed by atoms with E-state index in [1.165, 1.54) is 6.20 Å². The largest absolute Gasteiger partial charge is 0.255 e. The molecule has 12 heavy (non-hydrogen) atoms. The molecule has 0 spiro atoms. The maximum absolute atomic E-state index is 5.80. The summed E-state index contributed by atoms with van der Waals surface area (Å²) in [6, 6.07) is 0. The van der Waals surface area contributed by atoms with Crippen LogP contribution in [0.25, 0.3) is 0 Å². The Balaban J connectivity index is 3.10. The van der Waals surface area contributed by atoms with Crippen LogP contribution in [0.15, 0.2) is 45.6 Å². The van der Waals surface area contributed by atoms with E-state index in [1.54, 1.807) is 13.1 Å². The smallest absolute Gasteiger partial charge is 0.103 e. The molecule has 0 aromatic heterocycles. The number of halogens is 1. The molecule has 0 atom stereocenters. The maximum Gasteiger partial charge on any atom is 0.103 e. The number of rotatable bonds is 1. The molecule has 0 fully saturated rings. The maximum atomic E-state index is 5.80. The van der Waals surface area contributed by atoms with E-state index < -0.39 is 0 Å².